The molecule has 0 bridgehead atoms. The SMILES string of the molecule is CCCn1cc(C)nc1Nc1cccnc1. The molecule has 0 aliphatic heterocycles. The van der Waals surface area contributed by atoms with Crippen LogP contribution in [0.25, 0.3) is 0 Å². The second-order valence-corrected chi connectivity index (χ2v) is 3.77. The van der Waals surface area contributed by atoms with Crippen molar-refractivity contribution in [3.8, 4) is 0 Å². The minimum absolute atomic E-state index is 0.882. The van der Waals surface area contributed by atoms with E-state index in [4.69, 9.17) is 0 Å². The van der Waals surface area contributed by atoms with E-state index in [1.54, 1.807) is 12.4 Å². The van der Waals surface area contributed by atoms with Crippen LogP contribution in [0.4, 0.5) is 11.6 Å². The number of anilines is 2. The lowest BCUT2D eigenvalue weighted by molar-refractivity contribution is 0.686. The van der Waals surface area contributed by atoms with Crippen molar-refractivity contribution in [2.24, 2.45) is 0 Å². The fraction of sp³-hybridized carbons (Fsp3) is 0.333. The van der Waals surface area contributed by atoms with Crippen molar-refractivity contribution in [1.29, 1.82) is 0 Å². The van der Waals surface area contributed by atoms with Crippen molar-refractivity contribution in [2.45, 2.75) is 26.8 Å². The van der Waals surface area contributed by atoms with Crippen LogP contribution in [-0.2, 0) is 6.54 Å². The third-order valence-corrected chi connectivity index (χ3v) is 2.28. The summed E-state index contributed by atoms with van der Waals surface area (Å²) in [5.41, 5.74) is 1.99. The van der Waals surface area contributed by atoms with Gasteiger partial charge in [0.25, 0.3) is 0 Å². The van der Waals surface area contributed by atoms with E-state index < -0.39 is 0 Å². The van der Waals surface area contributed by atoms with Crippen LogP contribution in [0, 0.1) is 6.92 Å². The summed E-state index contributed by atoms with van der Waals surface area (Å²) in [6.45, 7) is 5.13. The second kappa shape index (κ2) is 4.79. The molecule has 2 heterocycles. The van der Waals surface area contributed by atoms with Crippen molar-refractivity contribution in [3.05, 3.63) is 36.4 Å². The summed E-state index contributed by atoms with van der Waals surface area (Å²) >= 11 is 0. The van der Waals surface area contributed by atoms with E-state index >= 15 is 0 Å². The standard InChI is InChI=1S/C12H16N4/c1-3-7-16-9-10(2)14-12(16)15-11-5-4-6-13-8-11/h4-6,8-9H,3,7H2,1-2H3,(H,14,15). The average molecular weight is 216 g/mol. The van der Waals surface area contributed by atoms with E-state index in [1.165, 1.54) is 0 Å². The van der Waals surface area contributed by atoms with E-state index in [0.717, 1.165) is 30.3 Å². The van der Waals surface area contributed by atoms with Gasteiger partial charge in [0.2, 0.25) is 5.95 Å². The van der Waals surface area contributed by atoms with Crippen LogP contribution < -0.4 is 5.32 Å². The first-order valence-electron chi connectivity index (χ1n) is 5.50. The van der Waals surface area contributed by atoms with Gasteiger partial charge in [-0.15, -0.1) is 0 Å². The molecule has 0 spiro atoms. The van der Waals surface area contributed by atoms with E-state index in [1.807, 2.05) is 19.1 Å². The fourth-order valence-corrected chi connectivity index (χ4v) is 1.62. The average Bonchev–Trinajstić information content (AvgIpc) is 2.61. The van der Waals surface area contributed by atoms with Gasteiger partial charge in [-0.2, -0.15) is 0 Å². The maximum Gasteiger partial charge on any atom is 0.207 e. The minimum atomic E-state index is 0.882. The Labute approximate surface area is 95.4 Å². The lowest BCUT2D eigenvalue weighted by Gasteiger charge is -2.07. The fourth-order valence-electron chi connectivity index (χ4n) is 1.62. The van der Waals surface area contributed by atoms with Crippen LogP contribution in [0.2, 0.25) is 0 Å². The Morgan fingerprint density at radius 2 is 2.31 bits per heavy atom. The van der Waals surface area contributed by atoms with Gasteiger partial charge in [-0.1, -0.05) is 6.92 Å². The van der Waals surface area contributed by atoms with Crippen molar-refractivity contribution >= 4 is 11.6 Å². The van der Waals surface area contributed by atoms with E-state index in [2.05, 4.69) is 33.0 Å². The molecule has 0 unspecified atom stereocenters. The Bertz CT molecular complexity index is 447. The molecule has 16 heavy (non-hydrogen) atoms. The predicted octanol–water partition coefficient (Wildman–Crippen LogP) is 2.74. The number of aryl methyl sites for hydroxylation is 2. The van der Waals surface area contributed by atoms with Crippen molar-refractivity contribution in [2.75, 3.05) is 5.32 Å². The van der Waals surface area contributed by atoms with Crippen LogP contribution in [0.1, 0.15) is 19.0 Å². The lowest BCUT2D eigenvalue weighted by Crippen LogP contribution is -2.02. The molecule has 84 valence electrons. The number of imidazole rings is 1. The number of hydrogen-bond donors (Lipinski definition) is 1. The van der Waals surface area contributed by atoms with E-state index in [0.29, 0.717) is 0 Å². The highest BCUT2D eigenvalue weighted by Gasteiger charge is 2.04. The molecule has 4 nitrogen and oxygen atoms in total. The van der Waals surface area contributed by atoms with Gasteiger partial charge in [0.15, 0.2) is 0 Å². The Morgan fingerprint density at radius 3 is 3.00 bits per heavy atom. The van der Waals surface area contributed by atoms with Gasteiger partial charge in [0.05, 0.1) is 17.6 Å². The largest absolute Gasteiger partial charge is 0.324 e. The minimum Gasteiger partial charge on any atom is -0.324 e. The number of aromatic nitrogens is 3. The van der Waals surface area contributed by atoms with Gasteiger partial charge < -0.3 is 9.88 Å². The molecule has 0 aromatic carbocycles. The highest BCUT2D eigenvalue weighted by atomic mass is 15.2. The molecule has 0 saturated heterocycles. The summed E-state index contributed by atoms with van der Waals surface area (Å²) in [5, 5.41) is 3.27. The summed E-state index contributed by atoms with van der Waals surface area (Å²) in [7, 11) is 0. The number of nitrogens with one attached hydrogen (secondary N) is 1. The van der Waals surface area contributed by atoms with Crippen LogP contribution in [0.15, 0.2) is 30.7 Å². The van der Waals surface area contributed by atoms with Gasteiger partial charge in [-0.05, 0) is 25.5 Å². The van der Waals surface area contributed by atoms with Gasteiger partial charge in [-0.25, -0.2) is 4.98 Å². The summed E-state index contributed by atoms with van der Waals surface area (Å²) < 4.78 is 2.13. The maximum absolute atomic E-state index is 4.45. The van der Waals surface area contributed by atoms with Crippen LogP contribution in [0.5, 0.6) is 0 Å². The zero-order chi connectivity index (χ0) is 11.4. The molecular weight excluding hydrogens is 200 g/mol. The summed E-state index contributed by atoms with van der Waals surface area (Å²) in [5.74, 6) is 0.882. The highest BCUT2D eigenvalue weighted by molar-refractivity contribution is 5.52. The molecular formula is C12H16N4. The van der Waals surface area contributed by atoms with Crippen molar-refractivity contribution < 1.29 is 0 Å². The molecule has 0 aliphatic rings. The van der Waals surface area contributed by atoms with E-state index in [9.17, 15) is 0 Å². The Morgan fingerprint density at radius 1 is 1.44 bits per heavy atom. The van der Waals surface area contributed by atoms with Gasteiger partial charge in [-0.3, -0.25) is 4.98 Å². The van der Waals surface area contributed by atoms with Gasteiger partial charge in [0, 0.05) is 18.9 Å². The molecule has 0 aliphatic carbocycles. The number of pyridine rings is 1. The first-order chi connectivity index (χ1) is 7.79. The smallest absolute Gasteiger partial charge is 0.207 e. The molecule has 0 saturated carbocycles. The first kappa shape index (κ1) is 10.7. The normalized spacial score (nSPS) is 10.4. The molecule has 0 fully saturated rings. The molecule has 0 atom stereocenters. The molecule has 2 aromatic heterocycles. The van der Waals surface area contributed by atoms with Crippen LogP contribution in [0.3, 0.4) is 0 Å². The third kappa shape index (κ3) is 2.39. The van der Waals surface area contributed by atoms with Crippen molar-refractivity contribution in [3.63, 3.8) is 0 Å². The lowest BCUT2D eigenvalue weighted by atomic mass is 10.4. The zero-order valence-corrected chi connectivity index (χ0v) is 9.64. The van der Waals surface area contributed by atoms with Crippen LogP contribution >= 0.6 is 0 Å². The molecule has 2 aromatic rings. The van der Waals surface area contributed by atoms with E-state index in [-0.39, 0.29) is 0 Å². The molecule has 1 N–H and O–H groups in total. The monoisotopic (exact) mass is 216 g/mol. The quantitative estimate of drug-likeness (QED) is 0.854. The molecule has 4 heteroatoms. The Hall–Kier alpha value is -1.84. The van der Waals surface area contributed by atoms with Gasteiger partial charge in [0.1, 0.15) is 0 Å². The molecule has 0 radical (unpaired) electrons. The molecule has 2 rings (SSSR count). The predicted molar refractivity (Wildman–Crippen MR) is 64.8 cm³/mol. The van der Waals surface area contributed by atoms with Crippen molar-refractivity contribution in [1.82, 2.24) is 14.5 Å². The summed E-state index contributed by atoms with van der Waals surface area (Å²) in [6, 6.07) is 3.88. The second-order valence-electron chi connectivity index (χ2n) is 3.77. The van der Waals surface area contributed by atoms with Gasteiger partial charge >= 0.3 is 0 Å². The van der Waals surface area contributed by atoms with Crippen LogP contribution in [-0.4, -0.2) is 14.5 Å². The summed E-state index contributed by atoms with van der Waals surface area (Å²) in [6.07, 6.45) is 6.70. The zero-order valence-electron chi connectivity index (χ0n) is 9.64. The first-order valence-corrected chi connectivity index (χ1v) is 5.50. The number of hydrogen-bond acceptors (Lipinski definition) is 3. The Balaban J connectivity index is 2.20. The Kier molecular flexibility index (Phi) is 3.19. The highest BCUT2D eigenvalue weighted by Crippen LogP contribution is 2.15. The number of rotatable bonds is 4. The topological polar surface area (TPSA) is 42.7 Å². The third-order valence-electron chi connectivity index (χ3n) is 2.28. The number of nitrogens with zero attached hydrogens (tertiary/aromatic N) is 3. The maximum atomic E-state index is 4.45. The summed E-state index contributed by atoms with van der Waals surface area (Å²) in [4.78, 5) is 8.51. The molecule has 0 amide bonds.